The molecule has 21 heavy (non-hydrogen) atoms. The van der Waals surface area contributed by atoms with Crippen LogP contribution in [0.15, 0.2) is 0 Å². The Balaban J connectivity index is 2.25. The predicted octanol–water partition coefficient (Wildman–Crippen LogP) is 2.86. The Morgan fingerprint density at radius 1 is 1.14 bits per heavy atom. The van der Waals surface area contributed by atoms with Crippen molar-refractivity contribution in [3.8, 4) is 0 Å². The zero-order valence-electron chi connectivity index (χ0n) is 13.8. The van der Waals surface area contributed by atoms with Gasteiger partial charge >= 0.3 is 0 Å². The molecule has 0 radical (unpaired) electrons. The van der Waals surface area contributed by atoms with Gasteiger partial charge in [-0.05, 0) is 38.0 Å². The molecule has 0 aromatic carbocycles. The molecule has 0 aromatic rings. The molecule has 0 aromatic heterocycles. The molecule has 0 spiro atoms. The van der Waals surface area contributed by atoms with Gasteiger partial charge in [-0.15, -0.1) is 0 Å². The van der Waals surface area contributed by atoms with Crippen LogP contribution in [0, 0.1) is 5.92 Å². The fourth-order valence-corrected chi connectivity index (χ4v) is 4.03. The summed E-state index contributed by atoms with van der Waals surface area (Å²) in [6, 6.07) is -0.310. The smallest absolute Gasteiger partial charge is 0.246 e. The van der Waals surface area contributed by atoms with Crippen LogP contribution < -0.4 is 5.32 Å². The zero-order chi connectivity index (χ0) is 15.5. The number of hydrogen-bond donors (Lipinski definition) is 1. The van der Waals surface area contributed by atoms with E-state index in [1.54, 1.807) is 0 Å². The molecule has 1 saturated heterocycles. The summed E-state index contributed by atoms with van der Waals surface area (Å²) in [4.78, 5) is 27.5. The zero-order valence-corrected chi connectivity index (χ0v) is 13.8. The summed E-state index contributed by atoms with van der Waals surface area (Å²) >= 11 is 0. The molecule has 1 aliphatic heterocycles. The highest BCUT2D eigenvalue weighted by molar-refractivity contribution is 5.99. The van der Waals surface area contributed by atoms with Gasteiger partial charge in [0.1, 0.15) is 11.6 Å². The number of rotatable bonds is 6. The molecule has 4 nitrogen and oxygen atoms in total. The van der Waals surface area contributed by atoms with Crippen LogP contribution in [0.25, 0.3) is 0 Å². The lowest BCUT2D eigenvalue weighted by atomic mass is 9.84. The van der Waals surface area contributed by atoms with Crippen LogP contribution in [0.1, 0.15) is 72.1 Å². The van der Waals surface area contributed by atoms with Crippen molar-refractivity contribution in [1.82, 2.24) is 10.2 Å². The van der Waals surface area contributed by atoms with Crippen molar-refractivity contribution in [2.24, 2.45) is 5.92 Å². The third-order valence-corrected chi connectivity index (χ3v) is 5.47. The normalized spacial score (nSPS) is 26.2. The first-order valence-electron chi connectivity index (χ1n) is 8.71. The summed E-state index contributed by atoms with van der Waals surface area (Å²) in [6.45, 7) is 6.88. The van der Waals surface area contributed by atoms with Crippen LogP contribution in [0.5, 0.6) is 0 Å². The highest BCUT2D eigenvalue weighted by atomic mass is 16.2. The lowest BCUT2D eigenvalue weighted by Crippen LogP contribution is -2.70. The highest BCUT2D eigenvalue weighted by Crippen LogP contribution is 2.34. The fourth-order valence-electron chi connectivity index (χ4n) is 4.03. The lowest BCUT2D eigenvalue weighted by Gasteiger charge is -2.48. The van der Waals surface area contributed by atoms with Gasteiger partial charge in [-0.2, -0.15) is 0 Å². The van der Waals surface area contributed by atoms with Crippen molar-refractivity contribution in [1.29, 1.82) is 0 Å². The van der Waals surface area contributed by atoms with Gasteiger partial charge in [0.2, 0.25) is 11.8 Å². The quantitative estimate of drug-likeness (QED) is 0.819. The van der Waals surface area contributed by atoms with E-state index >= 15 is 0 Å². The largest absolute Gasteiger partial charge is 0.342 e. The molecule has 4 heteroatoms. The van der Waals surface area contributed by atoms with Crippen LogP contribution >= 0.6 is 0 Å². The second-order valence-electron chi connectivity index (χ2n) is 6.65. The summed E-state index contributed by atoms with van der Waals surface area (Å²) < 4.78 is 0. The van der Waals surface area contributed by atoms with Gasteiger partial charge in [-0.1, -0.05) is 40.0 Å². The van der Waals surface area contributed by atoms with Crippen LogP contribution in [0.4, 0.5) is 0 Å². The molecular formula is C17H30N2O2. The van der Waals surface area contributed by atoms with E-state index in [1.807, 2.05) is 18.7 Å². The van der Waals surface area contributed by atoms with Crippen molar-refractivity contribution in [2.45, 2.75) is 83.7 Å². The number of piperazine rings is 1. The van der Waals surface area contributed by atoms with E-state index in [0.29, 0.717) is 18.8 Å². The predicted molar refractivity (Wildman–Crippen MR) is 83.8 cm³/mol. The Bertz CT molecular complexity index is 384. The third-order valence-electron chi connectivity index (χ3n) is 5.47. The molecule has 1 aliphatic carbocycles. The van der Waals surface area contributed by atoms with Crippen molar-refractivity contribution < 1.29 is 9.59 Å². The summed E-state index contributed by atoms with van der Waals surface area (Å²) in [5.74, 6) is 0.787. The van der Waals surface area contributed by atoms with Gasteiger partial charge in [0.05, 0.1) is 0 Å². The Labute approximate surface area is 128 Å². The maximum absolute atomic E-state index is 12.9. The molecule has 2 rings (SSSR count). The minimum Gasteiger partial charge on any atom is -0.342 e. The summed E-state index contributed by atoms with van der Waals surface area (Å²) in [5.41, 5.74) is -0.621. The number of carbonyl (C=O) groups excluding carboxylic acids is 2. The van der Waals surface area contributed by atoms with Gasteiger partial charge in [0.25, 0.3) is 0 Å². The van der Waals surface area contributed by atoms with Crippen molar-refractivity contribution in [3.63, 3.8) is 0 Å². The maximum Gasteiger partial charge on any atom is 0.246 e. The number of nitrogens with zero attached hydrogens (tertiary/aromatic N) is 1. The lowest BCUT2D eigenvalue weighted by molar-refractivity contribution is -0.159. The van der Waals surface area contributed by atoms with E-state index in [-0.39, 0.29) is 17.9 Å². The summed E-state index contributed by atoms with van der Waals surface area (Å²) in [5, 5.41) is 2.98. The van der Waals surface area contributed by atoms with E-state index in [0.717, 1.165) is 19.4 Å². The maximum atomic E-state index is 12.9. The first-order chi connectivity index (χ1) is 10.1. The number of carbonyl (C=O) groups is 2. The van der Waals surface area contributed by atoms with Gasteiger partial charge in [0, 0.05) is 6.54 Å². The summed E-state index contributed by atoms with van der Waals surface area (Å²) in [7, 11) is 0. The van der Waals surface area contributed by atoms with E-state index in [1.165, 1.54) is 25.7 Å². The highest BCUT2D eigenvalue weighted by Gasteiger charge is 2.50. The second-order valence-corrected chi connectivity index (χ2v) is 6.65. The monoisotopic (exact) mass is 294 g/mol. The number of hydrogen-bond acceptors (Lipinski definition) is 2. The average Bonchev–Trinajstić information content (AvgIpc) is 2.98. The molecule has 1 unspecified atom stereocenters. The van der Waals surface area contributed by atoms with E-state index in [4.69, 9.17) is 0 Å². The minimum atomic E-state index is -0.621. The Hall–Kier alpha value is -1.06. The number of amides is 2. The van der Waals surface area contributed by atoms with Crippen molar-refractivity contribution in [2.75, 3.05) is 6.54 Å². The molecule has 120 valence electrons. The second kappa shape index (κ2) is 6.80. The molecule has 1 heterocycles. The van der Waals surface area contributed by atoms with Crippen molar-refractivity contribution >= 4 is 11.8 Å². The number of nitrogens with one attached hydrogen (secondary N) is 1. The Kier molecular flexibility index (Phi) is 5.28. The van der Waals surface area contributed by atoms with Crippen LogP contribution in [-0.4, -0.2) is 34.8 Å². The van der Waals surface area contributed by atoms with Crippen LogP contribution in [0.3, 0.4) is 0 Å². The van der Waals surface area contributed by atoms with Gasteiger partial charge in [-0.3, -0.25) is 9.59 Å². The molecule has 1 saturated carbocycles. The molecule has 2 aliphatic rings. The molecule has 2 fully saturated rings. The van der Waals surface area contributed by atoms with Crippen LogP contribution in [-0.2, 0) is 9.59 Å². The summed E-state index contributed by atoms with van der Waals surface area (Å²) in [6.07, 6.45) is 8.00. The third kappa shape index (κ3) is 2.95. The first kappa shape index (κ1) is 16.3. The standard InChI is InChI=1S/C17H30N2O2/c1-4-9-14-15(20)19(12-13-10-7-8-11-13)17(5-2,6-3)16(21)18-14/h13-14H,4-12H2,1-3H3,(H,18,21). The molecule has 1 N–H and O–H groups in total. The Morgan fingerprint density at radius 2 is 1.76 bits per heavy atom. The van der Waals surface area contributed by atoms with Gasteiger partial charge in [-0.25, -0.2) is 0 Å². The minimum absolute atomic E-state index is 0.0588. The average molecular weight is 294 g/mol. The van der Waals surface area contributed by atoms with E-state index in [2.05, 4.69) is 12.2 Å². The molecule has 2 amide bonds. The molecule has 0 bridgehead atoms. The molecular weight excluding hydrogens is 264 g/mol. The SMILES string of the molecule is CCCC1NC(=O)C(CC)(CC)N(CC2CCCC2)C1=O. The molecule has 1 atom stereocenters. The topological polar surface area (TPSA) is 49.4 Å². The fraction of sp³-hybridized carbons (Fsp3) is 0.882. The Morgan fingerprint density at radius 3 is 2.29 bits per heavy atom. The van der Waals surface area contributed by atoms with E-state index in [9.17, 15) is 9.59 Å². The van der Waals surface area contributed by atoms with Crippen molar-refractivity contribution in [3.05, 3.63) is 0 Å². The first-order valence-corrected chi connectivity index (χ1v) is 8.71. The van der Waals surface area contributed by atoms with Gasteiger partial charge in [0.15, 0.2) is 0 Å². The van der Waals surface area contributed by atoms with E-state index < -0.39 is 5.54 Å². The van der Waals surface area contributed by atoms with Gasteiger partial charge < -0.3 is 10.2 Å². The van der Waals surface area contributed by atoms with Crippen LogP contribution in [0.2, 0.25) is 0 Å².